The van der Waals surface area contributed by atoms with Gasteiger partial charge in [-0.3, -0.25) is 0 Å². The molecule has 0 bridgehead atoms. The molecular formula is C62H42N4S. The minimum absolute atomic E-state index is 1.03. The fraction of sp³-hybridized carbons (Fsp3) is 0.0161. The first kappa shape index (κ1) is 38.9. The van der Waals surface area contributed by atoms with Crippen LogP contribution in [0.4, 0.5) is 17.1 Å². The molecule has 0 spiro atoms. The van der Waals surface area contributed by atoms with Crippen molar-refractivity contribution in [3.8, 4) is 44.2 Å². The van der Waals surface area contributed by atoms with Gasteiger partial charge in [0, 0.05) is 55.5 Å². The van der Waals surface area contributed by atoms with Crippen LogP contribution in [0.15, 0.2) is 237 Å². The Kier molecular flexibility index (Phi) is 9.22. The number of hydrogen-bond acceptors (Lipinski definition) is 3. The van der Waals surface area contributed by atoms with Gasteiger partial charge in [-0.1, -0.05) is 127 Å². The number of fused-ring (bicyclic) bond motifs is 7. The number of rotatable bonds is 8. The molecule has 0 aliphatic carbocycles. The first-order valence-corrected chi connectivity index (χ1v) is 23.6. The number of anilines is 3. The summed E-state index contributed by atoms with van der Waals surface area (Å²) in [6, 6.07) is 85.8. The van der Waals surface area contributed by atoms with Crippen molar-refractivity contribution in [3.05, 3.63) is 242 Å². The SMILES string of the molecule is Cc1ccc2sc(-c3ccc(N(c4ccc(-c5ccc(-n6c7ccccc7c7ccccc76)cc5)cc4)c4ccc(-c5ccc(-n6c7ccccc7c7ccccc76)cc5)cc4)cc3)nc2c1. The van der Waals surface area contributed by atoms with Crippen molar-refractivity contribution >= 4 is 82.2 Å². The zero-order valence-corrected chi connectivity index (χ0v) is 37.5. The lowest BCUT2D eigenvalue weighted by atomic mass is 10.0. The lowest BCUT2D eigenvalue weighted by Crippen LogP contribution is -2.09. The van der Waals surface area contributed by atoms with Gasteiger partial charge in [-0.05, 0) is 144 Å². The molecule has 10 aromatic carbocycles. The number of hydrogen-bond donors (Lipinski definition) is 0. The van der Waals surface area contributed by atoms with E-state index in [9.17, 15) is 0 Å². The standard InChI is InChI=1S/C62H42N4S/c1-41-18-39-61-56(40-41)63-62(67-61)46-27-37-49(38-28-46)64(47-29-19-42(20-30-47)44-23-33-50(34-24-44)65-57-14-6-2-10-52(57)53-11-3-7-15-58(53)65)48-31-21-43(22-32-48)45-25-35-51(36-26-45)66-59-16-8-4-12-54(59)55-13-5-9-17-60(55)66/h2-40H,1H3. The largest absolute Gasteiger partial charge is 0.311 e. The van der Waals surface area contributed by atoms with E-state index in [4.69, 9.17) is 4.98 Å². The van der Waals surface area contributed by atoms with Gasteiger partial charge >= 0.3 is 0 Å². The zero-order chi connectivity index (χ0) is 44.4. The number of nitrogens with zero attached hydrogens (tertiary/aromatic N) is 4. The van der Waals surface area contributed by atoms with Crippen molar-refractivity contribution in [2.45, 2.75) is 6.92 Å². The molecule has 13 rings (SSSR count). The van der Waals surface area contributed by atoms with Gasteiger partial charge in [-0.25, -0.2) is 4.98 Å². The fourth-order valence-corrected chi connectivity index (χ4v) is 10.9. The molecule has 0 aliphatic heterocycles. The Hall–Kier alpha value is -8.51. The third-order valence-corrected chi connectivity index (χ3v) is 14.3. The van der Waals surface area contributed by atoms with Crippen LogP contribution in [-0.4, -0.2) is 14.1 Å². The Balaban J connectivity index is 0.831. The fourth-order valence-electron chi connectivity index (χ4n) is 9.97. The van der Waals surface area contributed by atoms with Crippen LogP contribution in [0.2, 0.25) is 0 Å². The van der Waals surface area contributed by atoms with Crippen LogP contribution in [0, 0.1) is 6.92 Å². The topological polar surface area (TPSA) is 26.0 Å². The van der Waals surface area contributed by atoms with E-state index in [1.165, 1.54) is 76.1 Å². The normalized spacial score (nSPS) is 11.7. The average molecular weight is 875 g/mol. The Labute approximate surface area is 392 Å². The van der Waals surface area contributed by atoms with E-state index in [2.05, 4.69) is 258 Å². The van der Waals surface area contributed by atoms with Crippen molar-refractivity contribution in [1.82, 2.24) is 14.1 Å². The number of benzene rings is 10. The number of para-hydroxylation sites is 4. The van der Waals surface area contributed by atoms with E-state index >= 15 is 0 Å². The van der Waals surface area contributed by atoms with Gasteiger partial charge in [-0.2, -0.15) is 0 Å². The number of aryl methyl sites for hydroxylation is 1. The highest BCUT2D eigenvalue weighted by atomic mass is 32.1. The predicted octanol–water partition coefficient (Wildman–Crippen LogP) is 17.3. The molecule has 0 fully saturated rings. The molecule has 0 atom stereocenters. The molecule has 0 N–H and O–H groups in total. The predicted molar refractivity (Wildman–Crippen MR) is 284 cm³/mol. The van der Waals surface area contributed by atoms with E-state index in [0.717, 1.165) is 44.5 Å². The van der Waals surface area contributed by atoms with Gasteiger partial charge in [0.25, 0.3) is 0 Å². The second-order valence-electron chi connectivity index (χ2n) is 17.3. The molecule has 3 aromatic heterocycles. The van der Waals surface area contributed by atoms with E-state index in [1.807, 2.05) is 0 Å². The Morgan fingerprint density at radius 2 is 0.701 bits per heavy atom. The van der Waals surface area contributed by atoms with Gasteiger partial charge < -0.3 is 14.0 Å². The van der Waals surface area contributed by atoms with Gasteiger partial charge in [0.15, 0.2) is 0 Å². The maximum atomic E-state index is 5.01. The van der Waals surface area contributed by atoms with Crippen LogP contribution in [0.25, 0.3) is 98.0 Å². The van der Waals surface area contributed by atoms with Crippen LogP contribution in [0.1, 0.15) is 5.56 Å². The second kappa shape index (κ2) is 15.9. The van der Waals surface area contributed by atoms with E-state index in [1.54, 1.807) is 11.3 Å². The zero-order valence-electron chi connectivity index (χ0n) is 36.7. The molecular weight excluding hydrogens is 833 g/mol. The van der Waals surface area contributed by atoms with Gasteiger partial charge in [0.05, 0.1) is 32.3 Å². The summed E-state index contributed by atoms with van der Waals surface area (Å²) in [7, 11) is 0. The van der Waals surface area contributed by atoms with E-state index < -0.39 is 0 Å². The highest BCUT2D eigenvalue weighted by Crippen LogP contribution is 2.40. The molecule has 0 unspecified atom stereocenters. The molecule has 5 heteroatoms. The lowest BCUT2D eigenvalue weighted by molar-refractivity contribution is 1.18. The summed E-state index contributed by atoms with van der Waals surface area (Å²) in [4.78, 5) is 7.35. The van der Waals surface area contributed by atoms with Crippen molar-refractivity contribution < 1.29 is 0 Å². The summed E-state index contributed by atoms with van der Waals surface area (Å²) in [6.45, 7) is 2.12. The van der Waals surface area contributed by atoms with Crippen molar-refractivity contribution in [2.75, 3.05) is 4.90 Å². The van der Waals surface area contributed by atoms with Crippen LogP contribution >= 0.6 is 11.3 Å². The van der Waals surface area contributed by atoms with E-state index in [-0.39, 0.29) is 0 Å². The Bertz CT molecular complexity index is 3640. The van der Waals surface area contributed by atoms with Gasteiger partial charge in [-0.15, -0.1) is 11.3 Å². The summed E-state index contributed by atoms with van der Waals surface area (Å²) in [5.41, 5.74) is 18.5. The Morgan fingerprint density at radius 3 is 1.09 bits per heavy atom. The molecule has 4 nitrogen and oxygen atoms in total. The number of thiazole rings is 1. The lowest BCUT2D eigenvalue weighted by Gasteiger charge is -2.26. The summed E-state index contributed by atoms with van der Waals surface area (Å²) in [6.07, 6.45) is 0. The quantitative estimate of drug-likeness (QED) is 0.152. The molecule has 3 heterocycles. The minimum atomic E-state index is 1.03. The third kappa shape index (κ3) is 6.70. The van der Waals surface area contributed by atoms with Gasteiger partial charge in [0.2, 0.25) is 0 Å². The smallest absolute Gasteiger partial charge is 0.124 e. The first-order valence-electron chi connectivity index (χ1n) is 22.8. The molecule has 13 aromatic rings. The minimum Gasteiger partial charge on any atom is -0.311 e. The summed E-state index contributed by atoms with van der Waals surface area (Å²) in [5.74, 6) is 0. The van der Waals surface area contributed by atoms with Crippen molar-refractivity contribution in [2.24, 2.45) is 0 Å². The molecule has 67 heavy (non-hydrogen) atoms. The highest BCUT2D eigenvalue weighted by Gasteiger charge is 2.17. The monoisotopic (exact) mass is 874 g/mol. The van der Waals surface area contributed by atoms with Crippen LogP contribution in [-0.2, 0) is 0 Å². The number of aromatic nitrogens is 3. The van der Waals surface area contributed by atoms with Crippen molar-refractivity contribution in [1.29, 1.82) is 0 Å². The molecule has 0 saturated heterocycles. The van der Waals surface area contributed by atoms with Crippen LogP contribution < -0.4 is 4.90 Å². The highest BCUT2D eigenvalue weighted by molar-refractivity contribution is 7.21. The van der Waals surface area contributed by atoms with E-state index in [0.29, 0.717) is 0 Å². The maximum Gasteiger partial charge on any atom is 0.124 e. The van der Waals surface area contributed by atoms with Gasteiger partial charge in [0.1, 0.15) is 5.01 Å². The third-order valence-electron chi connectivity index (χ3n) is 13.2. The van der Waals surface area contributed by atoms with Crippen LogP contribution in [0.5, 0.6) is 0 Å². The molecule has 0 radical (unpaired) electrons. The summed E-state index contributed by atoms with van der Waals surface area (Å²) in [5, 5.41) is 6.10. The summed E-state index contributed by atoms with van der Waals surface area (Å²) >= 11 is 1.74. The van der Waals surface area contributed by atoms with Crippen LogP contribution in [0.3, 0.4) is 0 Å². The summed E-state index contributed by atoms with van der Waals surface area (Å²) < 4.78 is 5.94. The molecule has 0 saturated carbocycles. The maximum absolute atomic E-state index is 5.01. The molecule has 0 amide bonds. The van der Waals surface area contributed by atoms with Crippen molar-refractivity contribution in [3.63, 3.8) is 0 Å². The first-order chi connectivity index (χ1) is 33.1. The second-order valence-corrected chi connectivity index (χ2v) is 18.3. The molecule has 0 aliphatic rings. The average Bonchev–Trinajstić information content (AvgIpc) is 4.08. The Morgan fingerprint density at radius 1 is 0.358 bits per heavy atom. The molecule has 316 valence electrons.